The molecule has 2 heterocycles. The summed E-state index contributed by atoms with van der Waals surface area (Å²) >= 11 is 0. The highest BCUT2D eigenvalue weighted by atomic mass is 19.3. The normalized spacial score (nSPS) is 13.7. The van der Waals surface area contributed by atoms with Crippen LogP contribution >= 0.6 is 0 Å². The number of carbonyl (C=O) groups excluding carboxylic acids is 1. The molecule has 0 aliphatic heterocycles. The average molecular weight is 388 g/mol. The fraction of sp³-hybridized carbons (Fsp3) is 0.333. The van der Waals surface area contributed by atoms with Crippen LogP contribution in [0.15, 0.2) is 35.0 Å². The molecule has 2 aromatic heterocycles. The highest BCUT2D eigenvalue weighted by Gasteiger charge is 2.28. The maximum absolute atomic E-state index is 12.5. The summed E-state index contributed by atoms with van der Waals surface area (Å²) in [5, 5.41) is 13.3. The number of carbonyl (C=O) groups is 1. The molecule has 2 amide bonds. The smallest absolute Gasteiger partial charge is 0.319 e. The van der Waals surface area contributed by atoms with Crippen molar-refractivity contribution in [2.45, 2.75) is 31.7 Å². The van der Waals surface area contributed by atoms with Crippen molar-refractivity contribution in [2.75, 3.05) is 5.32 Å². The summed E-state index contributed by atoms with van der Waals surface area (Å²) in [6.45, 7) is 0.380. The van der Waals surface area contributed by atoms with E-state index in [1.807, 2.05) is 13.2 Å². The number of hydrogen-bond donors (Lipinski definition) is 2. The van der Waals surface area contributed by atoms with Gasteiger partial charge in [-0.1, -0.05) is 5.16 Å². The van der Waals surface area contributed by atoms with E-state index in [-0.39, 0.29) is 11.9 Å². The van der Waals surface area contributed by atoms with Crippen LogP contribution in [-0.2, 0) is 13.6 Å². The van der Waals surface area contributed by atoms with E-state index in [0.717, 1.165) is 18.5 Å². The third-order valence-electron chi connectivity index (χ3n) is 4.56. The van der Waals surface area contributed by atoms with Crippen LogP contribution in [0.2, 0.25) is 0 Å². The number of benzene rings is 1. The van der Waals surface area contributed by atoms with Gasteiger partial charge in [0, 0.05) is 18.3 Å². The van der Waals surface area contributed by atoms with E-state index in [0.29, 0.717) is 23.7 Å². The standard InChI is InChI=1S/C18H18F2N6O2/c1-26-14(13(8-22-26)10-2-3-10)9-21-18(27)23-12-6-4-11(5-7-12)16-24-17(15(19)20)28-25-16/h4-8,10,15H,2-3,9H2,1H3,(H2,21,23,27). The SMILES string of the molecule is Cn1ncc(C2CC2)c1CNC(=O)Nc1ccc(-c2noc(C(F)F)n2)cc1. The molecule has 1 fully saturated rings. The Morgan fingerprint density at radius 2 is 2.07 bits per heavy atom. The van der Waals surface area contributed by atoms with Gasteiger partial charge in [0.15, 0.2) is 0 Å². The molecule has 0 spiro atoms. The van der Waals surface area contributed by atoms with Crippen LogP contribution in [0.5, 0.6) is 0 Å². The van der Waals surface area contributed by atoms with E-state index >= 15 is 0 Å². The minimum Gasteiger partial charge on any atom is -0.333 e. The van der Waals surface area contributed by atoms with Gasteiger partial charge < -0.3 is 15.2 Å². The van der Waals surface area contributed by atoms with Crippen molar-refractivity contribution in [3.8, 4) is 11.4 Å². The third-order valence-corrected chi connectivity index (χ3v) is 4.56. The summed E-state index contributed by atoms with van der Waals surface area (Å²) < 4.78 is 31.3. The number of halogens is 2. The summed E-state index contributed by atoms with van der Waals surface area (Å²) in [6.07, 6.45) is 1.38. The van der Waals surface area contributed by atoms with E-state index in [9.17, 15) is 13.6 Å². The predicted octanol–water partition coefficient (Wildman–Crippen LogP) is 3.61. The van der Waals surface area contributed by atoms with Gasteiger partial charge in [0.2, 0.25) is 5.82 Å². The molecule has 1 aromatic carbocycles. The quantitative estimate of drug-likeness (QED) is 0.672. The number of alkyl halides is 2. The Hall–Kier alpha value is -3.30. The first-order valence-electron chi connectivity index (χ1n) is 8.79. The summed E-state index contributed by atoms with van der Waals surface area (Å²) in [5.74, 6) is -0.107. The number of hydrogen-bond acceptors (Lipinski definition) is 5. The van der Waals surface area contributed by atoms with Crippen LogP contribution in [0.3, 0.4) is 0 Å². The Morgan fingerprint density at radius 1 is 1.32 bits per heavy atom. The second-order valence-corrected chi connectivity index (χ2v) is 6.59. The minimum absolute atomic E-state index is 0.0649. The fourth-order valence-electron chi connectivity index (χ4n) is 2.91. The van der Waals surface area contributed by atoms with Gasteiger partial charge in [-0.05, 0) is 48.6 Å². The number of urea groups is 1. The van der Waals surface area contributed by atoms with Crippen molar-refractivity contribution in [1.29, 1.82) is 0 Å². The molecule has 1 saturated carbocycles. The lowest BCUT2D eigenvalue weighted by Crippen LogP contribution is -2.29. The lowest BCUT2D eigenvalue weighted by molar-refractivity contribution is 0.106. The van der Waals surface area contributed by atoms with Crippen LogP contribution in [0.25, 0.3) is 11.4 Å². The first kappa shape index (κ1) is 18.1. The molecule has 1 aliphatic rings. The number of amides is 2. The first-order chi connectivity index (χ1) is 13.5. The largest absolute Gasteiger partial charge is 0.333 e. The number of nitrogens with zero attached hydrogens (tertiary/aromatic N) is 4. The highest BCUT2D eigenvalue weighted by molar-refractivity contribution is 5.89. The van der Waals surface area contributed by atoms with Crippen LogP contribution in [0, 0.1) is 0 Å². The predicted molar refractivity (Wildman–Crippen MR) is 95.7 cm³/mol. The second-order valence-electron chi connectivity index (χ2n) is 6.59. The molecule has 0 saturated heterocycles. The minimum atomic E-state index is -2.81. The molecule has 4 rings (SSSR count). The zero-order chi connectivity index (χ0) is 19.7. The Labute approximate surface area is 158 Å². The third kappa shape index (κ3) is 3.85. The molecular weight excluding hydrogens is 370 g/mol. The lowest BCUT2D eigenvalue weighted by Gasteiger charge is -2.10. The summed E-state index contributed by atoms with van der Waals surface area (Å²) in [7, 11) is 1.86. The zero-order valence-corrected chi connectivity index (χ0v) is 15.0. The van der Waals surface area contributed by atoms with Crippen molar-refractivity contribution < 1.29 is 18.1 Å². The lowest BCUT2D eigenvalue weighted by atomic mass is 10.1. The van der Waals surface area contributed by atoms with E-state index in [2.05, 4.69) is 30.4 Å². The van der Waals surface area contributed by atoms with Crippen LogP contribution in [0.1, 0.15) is 42.3 Å². The molecule has 2 N–H and O–H groups in total. The summed E-state index contributed by atoms with van der Waals surface area (Å²) in [5.41, 5.74) is 3.24. The maximum atomic E-state index is 12.5. The molecule has 0 radical (unpaired) electrons. The van der Waals surface area contributed by atoms with Crippen molar-refractivity contribution >= 4 is 11.7 Å². The van der Waals surface area contributed by atoms with Gasteiger partial charge in [0.05, 0.1) is 18.4 Å². The Balaban J connectivity index is 1.35. The second kappa shape index (κ2) is 7.37. The topological polar surface area (TPSA) is 97.9 Å². The van der Waals surface area contributed by atoms with Gasteiger partial charge in [-0.2, -0.15) is 18.9 Å². The molecule has 146 valence electrons. The molecule has 8 nitrogen and oxygen atoms in total. The molecule has 1 aliphatic carbocycles. The summed E-state index contributed by atoms with van der Waals surface area (Å²) in [4.78, 5) is 15.8. The van der Waals surface area contributed by atoms with Gasteiger partial charge in [-0.15, -0.1) is 0 Å². The molecule has 28 heavy (non-hydrogen) atoms. The molecule has 10 heteroatoms. The zero-order valence-electron chi connectivity index (χ0n) is 15.0. The molecule has 0 atom stereocenters. The van der Waals surface area contributed by atoms with Crippen molar-refractivity contribution in [2.24, 2.45) is 7.05 Å². The van der Waals surface area contributed by atoms with Gasteiger partial charge >= 0.3 is 12.5 Å². The highest BCUT2D eigenvalue weighted by Crippen LogP contribution is 2.41. The Bertz CT molecular complexity index is 978. The number of rotatable bonds is 6. The van der Waals surface area contributed by atoms with Gasteiger partial charge in [-0.25, -0.2) is 4.79 Å². The number of aromatic nitrogens is 4. The van der Waals surface area contributed by atoms with Crippen LogP contribution < -0.4 is 10.6 Å². The van der Waals surface area contributed by atoms with Crippen molar-refractivity contribution in [3.05, 3.63) is 47.6 Å². The monoisotopic (exact) mass is 388 g/mol. The number of aryl methyl sites for hydroxylation is 1. The van der Waals surface area contributed by atoms with Crippen LogP contribution in [-0.4, -0.2) is 26.0 Å². The fourth-order valence-corrected chi connectivity index (χ4v) is 2.91. The van der Waals surface area contributed by atoms with E-state index in [1.54, 1.807) is 28.9 Å². The Kier molecular flexibility index (Phi) is 4.76. The van der Waals surface area contributed by atoms with Gasteiger partial charge in [-0.3, -0.25) is 4.68 Å². The number of nitrogens with one attached hydrogen (secondary N) is 2. The van der Waals surface area contributed by atoms with E-state index in [1.165, 1.54) is 5.56 Å². The average Bonchev–Trinajstić information content (AvgIpc) is 3.27. The molecule has 0 bridgehead atoms. The molecule has 3 aromatic rings. The molecule has 0 unspecified atom stereocenters. The maximum Gasteiger partial charge on any atom is 0.319 e. The van der Waals surface area contributed by atoms with Gasteiger partial charge in [0.25, 0.3) is 5.89 Å². The van der Waals surface area contributed by atoms with E-state index in [4.69, 9.17) is 0 Å². The van der Waals surface area contributed by atoms with Gasteiger partial charge in [0.1, 0.15) is 0 Å². The number of anilines is 1. The summed E-state index contributed by atoms with van der Waals surface area (Å²) in [6, 6.07) is 6.14. The van der Waals surface area contributed by atoms with Crippen molar-refractivity contribution in [1.82, 2.24) is 25.2 Å². The first-order valence-corrected chi connectivity index (χ1v) is 8.79. The van der Waals surface area contributed by atoms with E-state index < -0.39 is 12.3 Å². The van der Waals surface area contributed by atoms with Crippen LogP contribution in [0.4, 0.5) is 19.3 Å². The Morgan fingerprint density at radius 3 is 2.71 bits per heavy atom. The molecular formula is C18H18F2N6O2. The van der Waals surface area contributed by atoms with Crippen molar-refractivity contribution in [3.63, 3.8) is 0 Å².